The van der Waals surface area contributed by atoms with E-state index in [1.807, 2.05) is 12.4 Å². The second-order valence-corrected chi connectivity index (χ2v) is 7.37. The minimum atomic E-state index is 0.0397. The molecule has 104 valence electrons. The summed E-state index contributed by atoms with van der Waals surface area (Å²) in [5, 5.41) is 4.91. The molecule has 2 aromatic carbocycles. The molecule has 0 radical (unpaired) electrons. The Morgan fingerprint density at radius 2 is 1.48 bits per heavy atom. The van der Waals surface area contributed by atoms with Gasteiger partial charge in [0.2, 0.25) is 0 Å². The minimum absolute atomic E-state index is 0.0397. The molecule has 0 aliphatic carbocycles. The van der Waals surface area contributed by atoms with Crippen LogP contribution in [0.25, 0.3) is 32.6 Å². The average Bonchev–Trinajstić information content (AvgIpc) is 2.53. The van der Waals surface area contributed by atoms with Crippen molar-refractivity contribution in [1.29, 1.82) is 0 Å². The molecular weight excluding hydrogens is 371 g/mol. The van der Waals surface area contributed by atoms with Gasteiger partial charge in [0.05, 0.1) is 0 Å². The van der Waals surface area contributed by atoms with Gasteiger partial charge in [-0.25, -0.2) is 0 Å². The standard InChI is InChI=1S/C18H14IN2/c1-11-7-9-20-17-13(11)5-3-12-4-6-14-15(19-2)8-10-21-18(14)16(12)17/h3-10H,1-2H3/q-1. The molecule has 0 atom stereocenters. The van der Waals surface area contributed by atoms with Gasteiger partial charge in [0.1, 0.15) is 0 Å². The van der Waals surface area contributed by atoms with Crippen LogP contribution in [0.5, 0.6) is 0 Å². The van der Waals surface area contributed by atoms with Gasteiger partial charge in [-0.1, -0.05) is 0 Å². The van der Waals surface area contributed by atoms with E-state index in [2.05, 4.69) is 58.2 Å². The zero-order valence-corrected chi connectivity index (χ0v) is 14.0. The quantitative estimate of drug-likeness (QED) is 0.279. The van der Waals surface area contributed by atoms with E-state index in [1.165, 1.54) is 30.7 Å². The van der Waals surface area contributed by atoms with Crippen molar-refractivity contribution in [3.63, 3.8) is 0 Å². The van der Waals surface area contributed by atoms with Gasteiger partial charge < -0.3 is 0 Å². The predicted octanol–water partition coefficient (Wildman–Crippen LogP) is 1.13. The predicted molar refractivity (Wildman–Crippen MR) is 83.9 cm³/mol. The Morgan fingerprint density at radius 1 is 0.810 bits per heavy atom. The molecular formula is C18H14IN2-. The van der Waals surface area contributed by atoms with Gasteiger partial charge in [-0.2, -0.15) is 0 Å². The molecule has 4 rings (SSSR count). The van der Waals surface area contributed by atoms with Crippen LogP contribution < -0.4 is 21.2 Å². The van der Waals surface area contributed by atoms with Gasteiger partial charge >= 0.3 is 134 Å². The summed E-state index contributed by atoms with van der Waals surface area (Å²) in [7, 11) is 0. The third-order valence-corrected chi connectivity index (χ3v) is 6.07. The number of alkyl halides is 1. The number of rotatable bonds is 1. The third-order valence-electron chi connectivity index (χ3n) is 3.97. The molecule has 21 heavy (non-hydrogen) atoms. The summed E-state index contributed by atoms with van der Waals surface area (Å²) in [6.07, 6.45) is 3.83. The van der Waals surface area contributed by atoms with Crippen LogP contribution in [0.2, 0.25) is 0 Å². The first-order chi connectivity index (χ1) is 10.3. The van der Waals surface area contributed by atoms with Gasteiger partial charge in [-0.15, -0.1) is 0 Å². The van der Waals surface area contributed by atoms with Crippen molar-refractivity contribution in [2.24, 2.45) is 0 Å². The Hall–Kier alpha value is -1.75. The Balaban J connectivity index is 2.31. The fraction of sp³-hybridized carbons (Fsp3) is 0.111. The van der Waals surface area contributed by atoms with Crippen LogP contribution in [0, 0.1) is 10.5 Å². The first kappa shape index (κ1) is 13.0. The third kappa shape index (κ3) is 1.91. The van der Waals surface area contributed by atoms with E-state index >= 15 is 0 Å². The van der Waals surface area contributed by atoms with Crippen molar-refractivity contribution in [1.82, 2.24) is 9.97 Å². The second-order valence-electron chi connectivity index (χ2n) is 5.13. The molecule has 2 aromatic heterocycles. The molecule has 0 N–H and O–H groups in total. The molecule has 0 unspecified atom stereocenters. The Labute approximate surface area is 133 Å². The van der Waals surface area contributed by atoms with E-state index in [4.69, 9.17) is 0 Å². The number of halogens is 1. The maximum absolute atomic E-state index is 4.68. The zero-order valence-electron chi connectivity index (χ0n) is 11.9. The normalized spacial score (nSPS) is 11.7. The van der Waals surface area contributed by atoms with Crippen LogP contribution in [0.1, 0.15) is 5.56 Å². The number of fused-ring (bicyclic) bond motifs is 5. The van der Waals surface area contributed by atoms with Gasteiger partial charge in [-0.05, 0) is 0 Å². The van der Waals surface area contributed by atoms with Crippen molar-refractivity contribution in [2.75, 3.05) is 4.93 Å². The molecule has 3 heteroatoms. The summed E-state index contributed by atoms with van der Waals surface area (Å²) in [6.45, 7) is 2.14. The van der Waals surface area contributed by atoms with E-state index in [0.717, 1.165) is 11.0 Å². The first-order valence-corrected chi connectivity index (χ1v) is 10.1. The first-order valence-electron chi connectivity index (χ1n) is 6.85. The van der Waals surface area contributed by atoms with Gasteiger partial charge in [0.15, 0.2) is 0 Å². The molecule has 0 saturated carbocycles. The van der Waals surface area contributed by atoms with E-state index in [9.17, 15) is 0 Å². The van der Waals surface area contributed by atoms with Crippen molar-refractivity contribution in [2.45, 2.75) is 6.92 Å². The molecule has 4 aromatic rings. The van der Waals surface area contributed by atoms with Crippen LogP contribution in [0.4, 0.5) is 0 Å². The molecule has 2 nitrogen and oxygen atoms in total. The zero-order chi connectivity index (χ0) is 14.4. The topological polar surface area (TPSA) is 25.8 Å². The summed E-state index contributed by atoms with van der Waals surface area (Å²) < 4.78 is 1.45. The average molecular weight is 385 g/mol. The number of pyridine rings is 2. The van der Waals surface area contributed by atoms with Crippen LogP contribution in [0.15, 0.2) is 48.8 Å². The summed E-state index contributed by atoms with van der Waals surface area (Å²) in [6, 6.07) is 13.0. The van der Waals surface area contributed by atoms with Crippen LogP contribution in [-0.4, -0.2) is 14.9 Å². The summed E-state index contributed by atoms with van der Waals surface area (Å²) >= 11 is 0.0397. The Bertz CT molecular complexity index is 992. The summed E-state index contributed by atoms with van der Waals surface area (Å²) in [5.41, 5.74) is 3.42. The van der Waals surface area contributed by atoms with E-state index in [0.29, 0.717) is 0 Å². The molecule has 0 spiro atoms. The Kier molecular flexibility index (Phi) is 3.03. The second kappa shape index (κ2) is 4.91. The van der Waals surface area contributed by atoms with E-state index in [1.54, 1.807) is 0 Å². The van der Waals surface area contributed by atoms with Crippen molar-refractivity contribution < 1.29 is 21.2 Å². The number of hydrogen-bond donors (Lipinski definition) is 0. The Morgan fingerprint density at radius 3 is 2.24 bits per heavy atom. The molecule has 0 aliphatic heterocycles. The number of nitrogens with zero attached hydrogens (tertiary/aromatic N) is 2. The maximum atomic E-state index is 4.68. The summed E-state index contributed by atoms with van der Waals surface area (Å²) in [5.74, 6) is 0. The van der Waals surface area contributed by atoms with Crippen LogP contribution >= 0.6 is 0 Å². The molecule has 0 saturated heterocycles. The number of aryl methyl sites for hydroxylation is 1. The molecule has 0 amide bonds. The molecule has 0 fully saturated rings. The van der Waals surface area contributed by atoms with Crippen molar-refractivity contribution in [3.8, 4) is 0 Å². The fourth-order valence-corrected chi connectivity index (χ4v) is 4.44. The van der Waals surface area contributed by atoms with Gasteiger partial charge in [0.25, 0.3) is 0 Å². The van der Waals surface area contributed by atoms with Gasteiger partial charge in [-0.3, -0.25) is 0 Å². The SMILES string of the molecule is C[I-]c1ccnc2c1ccc1ccc3c(C)ccnc3c12. The monoisotopic (exact) mass is 385 g/mol. The fourth-order valence-electron chi connectivity index (χ4n) is 2.91. The van der Waals surface area contributed by atoms with Crippen molar-refractivity contribution >= 4 is 32.6 Å². The van der Waals surface area contributed by atoms with E-state index < -0.39 is 0 Å². The van der Waals surface area contributed by atoms with Gasteiger partial charge in [0, 0.05) is 0 Å². The number of hydrogen-bond acceptors (Lipinski definition) is 2. The van der Waals surface area contributed by atoms with Crippen LogP contribution in [0.3, 0.4) is 0 Å². The number of benzene rings is 2. The molecule has 0 aliphatic rings. The van der Waals surface area contributed by atoms with Crippen LogP contribution in [-0.2, 0) is 0 Å². The number of aromatic nitrogens is 2. The summed E-state index contributed by atoms with van der Waals surface area (Å²) in [4.78, 5) is 11.6. The molecule has 2 heterocycles. The van der Waals surface area contributed by atoms with E-state index in [-0.39, 0.29) is 21.2 Å². The van der Waals surface area contributed by atoms with Crippen molar-refractivity contribution in [3.05, 3.63) is 57.9 Å². The molecule has 0 bridgehead atoms.